The zero-order valence-electron chi connectivity index (χ0n) is 9.96. The molecular formula is C9H15N5O3S. The lowest BCUT2D eigenvalue weighted by atomic mass is 10.4. The molecule has 0 radical (unpaired) electrons. The number of nitrogens with one attached hydrogen (secondary N) is 1. The summed E-state index contributed by atoms with van der Waals surface area (Å²) in [5.74, 6) is -0.238. The Hall–Kier alpha value is -1.61. The number of rotatable bonds is 2. The van der Waals surface area contributed by atoms with Gasteiger partial charge in [0.15, 0.2) is 0 Å². The lowest BCUT2D eigenvalue weighted by molar-refractivity contribution is -0.129. The molecule has 0 aromatic carbocycles. The normalized spacial score (nSPS) is 18.9. The maximum absolute atomic E-state index is 12.3. The number of hydrogen-bond donors (Lipinski definition) is 2. The van der Waals surface area contributed by atoms with Gasteiger partial charge in [-0.25, -0.2) is 8.42 Å². The summed E-state index contributed by atoms with van der Waals surface area (Å²) in [6, 6.07) is 0. The minimum atomic E-state index is -3.76. The van der Waals surface area contributed by atoms with E-state index < -0.39 is 10.0 Å². The molecule has 0 saturated carbocycles. The highest BCUT2D eigenvalue weighted by atomic mass is 32.2. The number of hydrogen-bond acceptors (Lipinski definition) is 5. The van der Waals surface area contributed by atoms with Gasteiger partial charge < -0.3 is 10.6 Å². The van der Waals surface area contributed by atoms with Gasteiger partial charge in [0.2, 0.25) is 15.9 Å². The van der Waals surface area contributed by atoms with Crippen molar-refractivity contribution in [3.8, 4) is 0 Å². The first-order valence-electron chi connectivity index (χ1n) is 5.46. The van der Waals surface area contributed by atoms with Gasteiger partial charge in [0.25, 0.3) is 0 Å². The quantitative estimate of drug-likeness (QED) is 0.706. The Morgan fingerprint density at radius 3 is 2.78 bits per heavy atom. The predicted octanol–water partition coefficient (Wildman–Crippen LogP) is -1.16. The Labute approximate surface area is 105 Å². The van der Waals surface area contributed by atoms with E-state index in [1.165, 1.54) is 4.90 Å². The molecule has 2 heterocycles. The molecule has 3 N–H and O–H groups in total. The van der Waals surface area contributed by atoms with Crippen molar-refractivity contribution in [2.75, 3.05) is 32.4 Å². The molecule has 1 aromatic rings. The highest BCUT2D eigenvalue weighted by Crippen LogP contribution is 2.21. The molecule has 0 unspecified atom stereocenters. The van der Waals surface area contributed by atoms with Gasteiger partial charge in [-0.05, 0) is 6.42 Å². The van der Waals surface area contributed by atoms with Crippen LogP contribution < -0.4 is 5.73 Å². The minimum absolute atomic E-state index is 0.0138. The van der Waals surface area contributed by atoms with Gasteiger partial charge in [-0.1, -0.05) is 0 Å². The summed E-state index contributed by atoms with van der Waals surface area (Å²) in [5, 5.41) is 5.97. The first-order valence-corrected chi connectivity index (χ1v) is 6.90. The van der Waals surface area contributed by atoms with Crippen molar-refractivity contribution in [1.29, 1.82) is 0 Å². The maximum atomic E-state index is 12.3. The number of nitrogens with two attached hydrogens (primary N) is 1. The van der Waals surface area contributed by atoms with Crippen LogP contribution >= 0.6 is 0 Å². The number of nitrogen functional groups attached to an aromatic ring is 1. The van der Waals surface area contributed by atoms with Gasteiger partial charge in [0.1, 0.15) is 10.7 Å². The fourth-order valence-electron chi connectivity index (χ4n) is 1.79. The average molecular weight is 273 g/mol. The van der Waals surface area contributed by atoms with Crippen LogP contribution in [0.25, 0.3) is 0 Å². The molecule has 18 heavy (non-hydrogen) atoms. The van der Waals surface area contributed by atoms with Crippen LogP contribution in [0.1, 0.15) is 6.42 Å². The number of likely N-dealkylation sites (N-methyl/N-ethyl adjacent to an activating group) is 1. The highest BCUT2D eigenvalue weighted by molar-refractivity contribution is 7.89. The number of aromatic amines is 1. The smallest absolute Gasteiger partial charge is 0.248 e. The second kappa shape index (κ2) is 4.58. The van der Waals surface area contributed by atoms with E-state index in [9.17, 15) is 13.2 Å². The third-order valence-electron chi connectivity index (χ3n) is 2.89. The number of carbonyl (C=O) groups excluding carboxylic acids is 1. The average Bonchev–Trinajstić information content (AvgIpc) is 2.66. The second-order valence-electron chi connectivity index (χ2n) is 4.16. The Morgan fingerprint density at radius 2 is 2.17 bits per heavy atom. The molecular weight excluding hydrogens is 258 g/mol. The van der Waals surface area contributed by atoms with Crippen LogP contribution in [0.15, 0.2) is 11.1 Å². The van der Waals surface area contributed by atoms with E-state index in [1.54, 1.807) is 7.05 Å². The molecule has 1 amide bonds. The first kappa shape index (κ1) is 12.8. The van der Waals surface area contributed by atoms with Crippen molar-refractivity contribution >= 4 is 21.7 Å². The van der Waals surface area contributed by atoms with Crippen LogP contribution in [-0.4, -0.2) is 60.4 Å². The van der Waals surface area contributed by atoms with Gasteiger partial charge in [-0.15, -0.1) is 0 Å². The van der Waals surface area contributed by atoms with Crippen molar-refractivity contribution in [2.45, 2.75) is 11.3 Å². The Bertz CT molecular complexity index is 552. The largest absolute Gasteiger partial charge is 0.383 e. The number of sulfonamides is 1. The van der Waals surface area contributed by atoms with Gasteiger partial charge in [-0.3, -0.25) is 9.89 Å². The van der Waals surface area contributed by atoms with E-state index in [0.29, 0.717) is 19.5 Å². The maximum Gasteiger partial charge on any atom is 0.248 e. The third-order valence-corrected chi connectivity index (χ3v) is 4.76. The SMILES string of the molecule is CN1CCCN(S(=O)(=O)c2cn[nH]c2N)CC1=O. The molecule has 0 atom stereocenters. The van der Waals surface area contributed by atoms with Crippen LogP contribution in [0.3, 0.4) is 0 Å². The predicted molar refractivity (Wildman–Crippen MR) is 64.0 cm³/mol. The molecule has 1 aromatic heterocycles. The summed E-state index contributed by atoms with van der Waals surface area (Å²) in [5.41, 5.74) is 5.52. The van der Waals surface area contributed by atoms with Crippen molar-refractivity contribution in [3.05, 3.63) is 6.20 Å². The van der Waals surface area contributed by atoms with Crippen LogP contribution in [-0.2, 0) is 14.8 Å². The molecule has 0 spiro atoms. The summed E-state index contributed by atoms with van der Waals surface area (Å²) in [7, 11) is -2.10. The van der Waals surface area contributed by atoms with Gasteiger partial charge >= 0.3 is 0 Å². The zero-order valence-corrected chi connectivity index (χ0v) is 10.8. The number of amides is 1. The van der Waals surface area contributed by atoms with Crippen molar-refractivity contribution in [1.82, 2.24) is 19.4 Å². The number of nitrogens with zero attached hydrogens (tertiary/aromatic N) is 3. The molecule has 0 aliphatic carbocycles. The second-order valence-corrected chi connectivity index (χ2v) is 6.06. The zero-order chi connectivity index (χ0) is 13.3. The molecule has 1 saturated heterocycles. The Kier molecular flexibility index (Phi) is 3.26. The molecule has 8 nitrogen and oxygen atoms in total. The molecule has 2 rings (SSSR count). The highest BCUT2D eigenvalue weighted by Gasteiger charge is 2.31. The van der Waals surface area contributed by atoms with E-state index in [1.807, 2.05) is 0 Å². The topological polar surface area (TPSA) is 112 Å². The van der Waals surface area contributed by atoms with Crippen LogP contribution in [0.2, 0.25) is 0 Å². The molecule has 1 aliphatic rings. The summed E-state index contributed by atoms with van der Waals surface area (Å²) < 4.78 is 25.7. The monoisotopic (exact) mass is 273 g/mol. The summed E-state index contributed by atoms with van der Waals surface area (Å²) in [6.45, 7) is 0.679. The van der Waals surface area contributed by atoms with Crippen LogP contribution in [0.5, 0.6) is 0 Å². The summed E-state index contributed by atoms with van der Waals surface area (Å²) in [4.78, 5) is 13.1. The molecule has 9 heteroatoms. The number of carbonyl (C=O) groups is 1. The number of anilines is 1. The molecule has 0 bridgehead atoms. The summed E-state index contributed by atoms with van der Waals surface area (Å²) >= 11 is 0. The van der Waals surface area contributed by atoms with E-state index >= 15 is 0 Å². The van der Waals surface area contributed by atoms with Gasteiger partial charge in [-0.2, -0.15) is 9.40 Å². The number of aromatic nitrogens is 2. The van der Waals surface area contributed by atoms with Crippen molar-refractivity contribution < 1.29 is 13.2 Å². The Morgan fingerprint density at radius 1 is 1.44 bits per heavy atom. The fraction of sp³-hybridized carbons (Fsp3) is 0.556. The molecule has 1 aliphatic heterocycles. The lowest BCUT2D eigenvalue weighted by Crippen LogP contribution is -2.38. The first-order chi connectivity index (χ1) is 8.43. The van der Waals surface area contributed by atoms with Crippen molar-refractivity contribution in [2.24, 2.45) is 0 Å². The fourth-order valence-corrected chi connectivity index (χ4v) is 3.23. The lowest BCUT2D eigenvalue weighted by Gasteiger charge is -2.18. The Balaban J connectivity index is 2.31. The summed E-state index contributed by atoms with van der Waals surface area (Å²) in [6.07, 6.45) is 1.75. The third kappa shape index (κ3) is 2.18. The minimum Gasteiger partial charge on any atom is -0.383 e. The van der Waals surface area contributed by atoms with E-state index in [0.717, 1.165) is 10.5 Å². The van der Waals surface area contributed by atoms with E-state index in [4.69, 9.17) is 5.73 Å². The van der Waals surface area contributed by atoms with Crippen LogP contribution in [0, 0.1) is 0 Å². The standard InChI is InChI=1S/C9H15N5O3S/c1-13-3-2-4-14(6-8(13)15)18(16,17)7-5-11-12-9(7)10/h5H,2-4,6H2,1H3,(H3,10,11,12). The van der Waals surface area contributed by atoms with Crippen LogP contribution in [0.4, 0.5) is 5.82 Å². The van der Waals surface area contributed by atoms with Crippen molar-refractivity contribution in [3.63, 3.8) is 0 Å². The van der Waals surface area contributed by atoms with E-state index in [-0.39, 0.29) is 23.2 Å². The molecule has 1 fully saturated rings. The molecule has 100 valence electrons. The van der Waals surface area contributed by atoms with Gasteiger partial charge in [0, 0.05) is 20.1 Å². The number of H-pyrrole nitrogens is 1. The van der Waals surface area contributed by atoms with Gasteiger partial charge in [0.05, 0.1) is 12.7 Å². The van der Waals surface area contributed by atoms with E-state index in [2.05, 4.69) is 10.2 Å².